The van der Waals surface area contributed by atoms with Crippen molar-refractivity contribution in [3.05, 3.63) is 24.3 Å². The fourth-order valence-corrected chi connectivity index (χ4v) is 1.32. The van der Waals surface area contributed by atoms with Crippen molar-refractivity contribution in [3.63, 3.8) is 0 Å². The number of benzene rings is 1. The van der Waals surface area contributed by atoms with Crippen molar-refractivity contribution in [2.75, 3.05) is 17.6 Å². The van der Waals surface area contributed by atoms with Crippen molar-refractivity contribution in [2.45, 2.75) is 6.43 Å². The number of alkyl halides is 2. The van der Waals surface area contributed by atoms with Crippen LogP contribution in [0.2, 0.25) is 0 Å². The van der Waals surface area contributed by atoms with Gasteiger partial charge in [0.05, 0.1) is 17.6 Å². The Kier molecular flexibility index (Phi) is 2.80. The minimum absolute atomic E-state index is 0.124. The zero-order valence-electron chi connectivity index (χ0n) is 8.32. The predicted molar refractivity (Wildman–Crippen MR) is 58.4 cm³/mol. The van der Waals surface area contributed by atoms with Crippen LogP contribution in [-0.2, 0) is 0 Å². The maximum absolute atomic E-state index is 12.0. The highest BCUT2D eigenvalue weighted by atomic mass is 19.3. The van der Waals surface area contributed by atoms with E-state index in [9.17, 15) is 8.78 Å². The molecule has 0 saturated heterocycles. The highest BCUT2D eigenvalue weighted by molar-refractivity contribution is 5.79. The van der Waals surface area contributed by atoms with Gasteiger partial charge in [0.15, 0.2) is 11.6 Å². The highest BCUT2D eigenvalue weighted by Crippen LogP contribution is 2.18. The molecule has 0 aliphatic rings. The molecule has 0 aliphatic carbocycles. The topological polar surface area (TPSA) is 63.8 Å². The number of nitrogens with zero attached hydrogens (tertiary/aromatic N) is 2. The van der Waals surface area contributed by atoms with Crippen LogP contribution < -0.4 is 11.1 Å². The Labute approximate surface area is 90.5 Å². The number of para-hydroxylation sites is 2. The van der Waals surface area contributed by atoms with Gasteiger partial charge in [-0.2, -0.15) is 0 Å². The van der Waals surface area contributed by atoms with Crippen LogP contribution >= 0.6 is 0 Å². The third-order valence-electron chi connectivity index (χ3n) is 2.02. The van der Waals surface area contributed by atoms with E-state index in [0.29, 0.717) is 11.0 Å². The van der Waals surface area contributed by atoms with Crippen LogP contribution in [0.3, 0.4) is 0 Å². The number of fused-ring (bicyclic) bond motifs is 1. The lowest BCUT2D eigenvalue weighted by Gasteiger charge is -2.08. The summed E-state index contributed by atoms with van der Waals surface area (Å²) in [5.41, 5.74) is 6.85. The summed E-state index contributed by atoms with van der Waals surface area (Å²) in [6.45, 7) is -0.489. The second-order valence-corrected chi connectivity index (χ2v) is 3.22. The van der Waals surface area contributed by atoms with Gasteiger partial charge in [0, 0.05) is 0 Å². The number of nitrogen functional groups attached to an aromatic ring is 1. The first-order valence-electron chi connectivity index (χ1n) is 4.71. The lowest BCUT2D eigenvalue weighted by atomic mass is 10.3. The summed E-state index contributed by atoms with van der Waals surface area (Å²) in [5.74, 6) is 0.318. The molecule has 84 valence electrons. The van der Waals surface area contributed by atoms with Crippen LogP contribution in [0.25, 0.3) is 11.0 Å². The highest BCUT2D eigenvalue weighted by Gasteiger charge is 2.07. The monoisotopic (exact) mass is 224 g/mol. The second-order valence-electron chi connectivity index (χ2n) is 3.22. The molecule has 0 saturated carbocycles. The van der Waals surface area contributed by atoms with Gasteiger partial charge in [-0.3, -0.25) is 0 Å². The summed E-state index contributed by atoms with van der Waals surface area (Å²) in [4.78, 5) is 8.18. The van der Waals surface area contributed by atoms with Crippen molar-refractivity contribution in [1.82, 2.24) is 9.97 Å². The lowest BCUT2D eigenvalue weighted by molar-refractivity contribution is 0.163. The summed E-state index contributed by atoms with van der Waals surface area (Å²) in [6.07, 6.45) is -2.45. The van der Waals surface area contributed by atoms with Crippen LogP contribution in [0, 0.1) is 0 Å². The Morgan fingerprint density at radius 1 is 1.19 bits per heavy atom. The molecule has 3 N–H and O–H groups in total. The largest absolute Gasteiger partial charge is 0.381 e. The third kappa shape index (κ3) is 2.16. The zero-order chi connectivity index (χ0) is 11.5. The maximum atomic E-state index is 12.0. The second kappa shape index (κ2) is 4.26. The fourth-order valence-electron chi connectivity index (χ4n) is 1.32. The first-order chi connectivity index (χ1) is 7.66. The van der Waals surface area contributed by atoms with Gasteiger partial charge in [-0.15, -0.1) is 0 Å². The molecule has 0 bridgehead atoms. The van der Waals surface area contributed by atoms with E-state index in [4.69, 9.17) is 5.73 Å². The Hall–Kier alpha value is -1.98. The summed E-state index contributed by atoms with van der Waals surface area (Å²) < 4.78 is 24.0. The molecule has 2 aromatic rings. The molecule has 0 aliphatic heterocycles. The molecule has 0 fully saturated rings. The van der Waals surface area contributed by atoms with Gasteiger partial charge in [0.1, 0.15) is 0 Å². The van der Waals surface area contributed by atoms with Crippen LogP contribution in [0.1, 0.15) is 0 Å². The van der Waals surface area contributed by atoms with E-state index in [1.54, 1.807) is 18.2 Å². The lowest BCUT2D eigenvalue weighted by Crippen LogP contribution is -2.13. The molecular weight excluding hydrogens is 214 g/mol. The number of hydrogen-bond donors (Lipinski definition) is 2. The Morgan fingerprint density at radius 2 is 1.81 bits per heavy atom. The van der Waals surface area contributed by atoms with Crippen LogP contribution in [0.15, 0.2) is 24.3 Å². The molecule has 0 unspecified atom stereocenters. The number of anilines is 2. The summed E-state index contributed by atoms with van der Waals surface area (Å²) in [7, 11) is 0. The van der Waals surface area contributed by atoms with Gasteiger partial charge < -0.3 is 11.1 Å². The van der Waals surface area contributed by atoms with E-state index >= 15 is 0 Å². The molecule has 16 heavy (non-hydrogen) atoms. The van der Waals surface area contributed by atoms with E-state index in [1.807, 2.05) is 6.07 Å². The zero-order valence-corrected chi connectivity index (χ0v) is 8.32. The maximum Gasteiger partial charge on any atom is 0.255 e. The summed E-state index contributed by atoms with van der Waals surface area (Å²) >= 11 is 0. The minimum Gasteiger partial charge on any atom is -0.381 e. The van der Waals surface area contributed by atoms with Gasteiger partial charge >= 0.3 is 0 Å². The molecule has 0 spiro atoms. The quantitative estimate of drug-likeness (QED) is 0.835. The molecule has 2 rings (SSSR count). The number of nitrogens with one attached hydrogen (secondary N) is 1. The molecule has 1 aromatic heterocycles. The number of nitrogens with two attached hydrogens (primary N) is 1. The number of aromatic nitrogens is 2. The first kappa shape index (κ1) is 10.5. The molecule has 1 heterocycles. The standard InChI is InChI=1S/C10H10F2N4/c11-8(12)5-14-10-9(13)15-6-3-1-2-4-7(6)16-10/h1-4,8H,5H2,(H2,13,15)(H,14,16). The number of hydrogen-bond acceptors (Lipinski definition) is 4. The summed E-state index contributed by atoms with van der Waals surface area (Å²) in [5, 5.41) is 2.46. The predicted octanol–water partition coefficient (Wildman–Crippen LogP) is 1.89. The number of halogens is 2. The van der Waals surface area contributed by atoms with Crippen molar-refractivity contribution in [1.29, 1.82) is 0 Å². The molecule has 1 aromatic carbocycles. The van der Waals surface area contributed by atoms with E-state index < -0.39 is 13.0 Å². The van der Waals surface area contributed by atoms with E-state index in [-0.39, 0.29) is 11.6 Å². The molecule has 4 nitrogen and oxygen atoms in total. The van der Waals surface area contributed by atoms with Crippen molar-refractivity contribution < 1.29 is 8.78 Å². The van der Waals surface area contributed by atoms with E-state index in [0.717, 1.165) is 0 Å². The number of rotatable bonds is 3. The van der Waals surface area contributed by atoms with E-state index in [2.05, 4.69) is 15.3 Å². The average Bonchev–Trinajstić information content (AvgIpc) is 2.26. The van der Waals surface area contributed by atoms with Gasteiger partial charge in [-0.05, 0) is 12.1 Å². The van der Waals surface area contributed by atoms with Crippen molar-refractivity contribution >= 4 is 22.7 Å². The SMILES string of the molecule is Nc1nc2ccccc2nc1NCC(F)F. The molecule has 0 radical (unpaired) electrons. The summed E-state index contributed by atoms with van der Waals surface area (Å²) in [6, 6.07) is 7.11. The average molecular weight is 224 g/mol. The van der Waals surface area contributed by atoms with Gasteiger partial charge in [0.2, 0.25) is 0 Å². The smallest absolute Gasteiger partial charge is 0.255 e. The van der Waals surface area contributed by atoms with Crippen molar-refractivity contribution in [2.24, 2.45) is 0 Å². The Morgan fingerprint density at radius 3 is 2.44 bits per heavy atom. The molecular formula is C10H10F2N4. The first-order valence-corrected chi connectivity index (χ1v) is 4.71. The van der Waals surface area contributed by atoms with Gasteiger partial charge in [-0.1, -0.05) is 12.1 Å². The van der Waals surface area contributed by atoms with E-state index in [1.165, 1.54) is 0 Å². The van der Waals surface area contributed by atoms with Crippen LogP contribution in [0.4, 0.5) is 20.4 Å². The Bertz CT molecular complexity index is 501. The molecule has 6 heteroatoms. The Balaban J connectivity index is 2.34. The normalized spacial score (nSPS) is 10.9. The molecule has 0 atom stereocenters. The van der Waals surface area contributed by atoms with Crippen LogP contribution in [0.5, 0.6) is 0 Å². The van der Waals surface area contributed by atoms with Gasteiger partial charge in [-0.25, -0.2) is 18.7 Å². The molecule has 0 amide bonds. The third-order valence-corrected chi connectivity index (χ3v) is 2.02. The van der Waals surface area contributed by atoms with Crippen LogP contribution in [-0.4, -0.2) is 22.9 Å². The minimum atomic E-state index is -2.45. The van der Waals surface area contributed by atoms with Gasteiger partial charge in [0.25, 0.3) is 6.43 Å². The fraction of sp³-hybridized carbons (Fsp3) is 0.200. The van der Waals surface area contributed by atoms with Crippen molar-refractivity contribution in [3.8, 4) is 0 Å².